The molecule has 0 bridgehead atoms. The second-order valence-electron chi connectivity index (χ2n) is 3.98. The van der Waals surface area contributed by atoms with Gasteiger partial charge in [0.15, 0.2) is 10.4 Å². The number of hydrogen-bond acceptors (Lipinski definition) is 6. The molecule has 2 N–H and O–H groups in total. The van der Waals surface area contributed by atoms with Crippen LogP contribution in [-0.4, -0.2) is 36.8 Å². The van der Waals surface area contributed by atoms with E-state index in [-0.39, 0.29) is 5.13 Å². The van der Waals surface area contributed by atoms with Crippen molar-refractivity contribution < 1.29 is 23.1 Å². The molecule has 1 aromatic heterocycles. The third kappa shape index (κ3) is 2.83. The Morgan fingerprint density at radius 1 is 1.50 bits per heavy atom. The van der Waals surface area contributed by atoms with Gasteiger partial charge in [-0.25, -0.2) is 13.4 Å². The fourth-order valence-corrected chi connectivity index (χ4v) is 3.41. The summed E-state index contributed by atoms with van der Waals surface area (Å²) in [5.41, 5.74) is 0.608. The van der Waals surface area contributed by atoms with Gasteiger partial charge in [0.05, 0.1) is 17.3 Å². The summed E-state index contributed by atoms with van der Waals surface area (Å²) in [6, 6.07) is 5.13. The first-order chi connectivity index (χ1) is 9.33. The molecule has 0 fully saturated rings. The number of carboxylic acid groups (broad SMARTS) is 1. The van der Waals surface area contributed by atoms with E-state index in [2.05, 4.69) is 9.71 Å². The number of carbonyl (C=O) groups is 1. The SMILES string of the molecule is COc1ccc2nc(NS(=O)(=O)C(C)C(=O)O)sc2c1. The minimum absolute atomic E-state index is 0.126. The van der Waals surface area contributed by atoms with Crippen molar-refractivity contribution in [1.82, 2.24) is 4.98 Å². The smallest absolute Gasteiger partial charge is 0.323 e. The number of fused-ring (bicyclic) bond motifs is 1. The Morgan fingerprint density at radius 2 is 2.20 bits per heavy atom. The lowest BCUT2D eigenvalue weighted by molar-refractivity contribution is -0.136. The summed E-state index contributed by atoms with van der Waals surface area (Å²) in [6.45, 7) is 1.10. The molecular weight excluding hydrogens is 304 g/mol. The first-order valence-corrected chi connectivity index (χ1v) is 7.89. The fraction of sp³-hybridized carbons (Fsp3) is 0.273. The normalized spacial score (nSPS) is 13.1. The molecule has 0 radical (unpaired) electrons. The zero-order chi connectivity index (χ0) is 14.9. The predicted octanol–water partition coefficient (Wildman–Crippen LogP) is 1.52. The van der Waals surface area contributed by atoms with Crippen LogP contribution in [0.5, 0.6) is 5.75 Å². The van der Waals surface area contributed by atoms with Crippen molar-refractivity contribution in [1.29, 1.82) is 0 Å². The molecule has 2 rings (SSSR count). The van der Waals surface area contributed by atoms with Gasteiger partial charge in [0, 0.05) is 0 Å². The Morgan fingerprint density at radius 3 is 2.80 bits per heavy atom. The molecule has 1 unspecified atom stereocenters. The second kappa shape index (κ2) is 5.25. The van der Waals surface area contributed by atoms with Gasteiger partial charge < -0.3 is 9.84 Å². The first-order valence-electron chi connectivity index (χ1n) is 5.52. The van der Waals surface area contributed by atoms with Gasteiger partial charge in [-0.15, -0.1) is 0 Å². The molecule has 0 saturated heterocycles. The predicted molar refractivity (Wildman–Crippen MR) is 75.8 cm³/mol. The van der Waals surface area contributed by atoms with Crippen LogP contribution in [0, 0.1) is 0 Å². The average molecular weight is 316 g/mol. The number of carboxylic acids is 1. The number of methoxy groups -OCH3 is 1. The van der Waals surface area contributed by atoms with E-state index in [0.29, 0.717) is 11.3 Å². The molecule has 0 aliphatic heterocycles. The number of sulfonamides is 1. The largest absolute Gasteiger partial charge is 0.497 e. The average Bonchev–Trinajstić information content (AvgIpc) is 2.77. The summed E-state index contributed by atoms with van der Waals surface area (Å²) in [7, 11) is -2.48. The van der Waals surface area contributed by atoms with E-state index in [0.717, 1.165) is 23.0 Å². The lowest BCUT2D eigenvalue weighted by Gasteiger charge is -2.08. The number of benzene rings is 1. The first kappa shape index (κ1) is 14.5. The number of aromatic nitrogens is 1. The van der Waals surface area contributed by atoms with E-state index in [1.807, 2.05) is 0 Å². The summed E-state index contributed by atoms with van der Waals surface area (Å²) in [4.78, 5) is 14.8. The Balaban J connectivity index is 2.33. The molecular formula is C11H12N2O5S2. The molecule has 2 aromatic rings. The van der Waals surface area contributed by atoms with Crippen molar-refractivity contribution in [2.75, 3.05) is 11.8 Å². The van der Waals surface area contributed by atoms with Crippen molar-refractivity contribution in [2.24, 2.45) is 0 Å². The number of hydrogen-bond donors (Lipinski definition) is 2. The van der Waals surface area contributed by atoms with Crippen LogP contribution in [0.4, 0.5) is 5.13 Å². The molecule has 0 amide bonds. The molecule has 1 atom stereocenters. The van der Waals surface area contributed by atoms with Crippen LogP contribution < -0.4 is 9.46 Å². The summed E-state index contributed by atoms with van der Waals surface area (Å²) in [5.74, 6) is -0.783. The van der Waals surface area contributed by atoms with Gasteiger partial charge in [-0.2, -0.15) is 0 Å². The van der Waals surface area contributed by atoms with Gasteiger partial charge in [-0.05, 0) is 25.1 Å². The lowest BCUT2D eigenvalue weighted by Crippen LogP contribution is -2.31. The number of nitrogens with zero attached hydrogens (tertiary/aromatic N) is 1. The summed E-state index contributed by atoms with van der Waals surface area (Å²) in [6.07, 6.45) is 0. The monoisotopic (exact) mass is 316 g/mol. The van der Waals surface area contributed by atoms with Crippen molar-refractivity contribution in [2.45, 2.75) is 12.2 Å². The van der Waals surface area contributed by atoms with Crippen molar-refractivity contribution in [3.63, 3.8) is 0 Å². The molecule has 1 aromatic carbocycles. The van der Waals surface area contributed by atoms with Crippen LogP contribution in [-0.2, 0) is 14.8 Å². The molecule has 1 heterocycles. The molecule has 20 heavy (non-hydrogen) atoms. The maximum atomic E-state index is 11.8. The number of anilines is 1. The standard InChI is InChI=1S/C11H12N2O5S2/c1-6(10(14)15)20(16,17)13-11-12-8-4-3-7(18-2)5-9(8)19-11/h3-6H,1-2H3,(H,12,13)(H,14,15). The van der Waals surface area contributed by atoms with Gasteiger partial charge in [0.25, 0.3) is 0 Å². The Bertz CT molecular complexity index is 753. The van der Waals surface area contributed by atoms with Crippen molar-refractivity contribution >= 4 is 42.7 Å². The third-order valence-corrected chi connectivity index (χ3v) is 5.31. The Kier molecular flexibility index (Phi) is 3.82. The number of thiazole rings is 1. The summed E-state index contributed by atoms with van der Waals surface area (Å²) in [5, 5.41) is 7.33. The van der Waals surface area contributed by atoms with Gasteiger partial charge in [0.1, 0.15) is 5.75 Å². The molecule has 0 saturated carbocycles. The molecule has 0 aliphatic carbocycles. The highest BCUT2D eigenvalue weighted by molar-refractivity contribution is 7.94. The van der Waals surface area contributed by atoms with Gasteiger partial charge in [-0.1, -0.05) is 11.3 Å². The second-order valence-corrected chi connectivity index (χ2v) is 7.01. The molecule has 0 spiro atoms. The van der Waals surface area contributed by atoms with Crippen molar-refractivity contribution in [3.8, 4) is 5.75 Å². The highest BCUT2D eigenvalue weighted by Crippen LogP contribution is 2.29. The highest BCUT2D eigenvalue weighted by atomic mass is 32.2. The Labute approximate surface area is 119 Å². The van der Waals surface area contributed by atoms with E-state index >= 15 is 0 Å². The molecule has 0 aliphatic rings. The molecule has 108 valence electrons. The van der Waals surface area contributed by atoms with E-state index in [9.17, 15) is 13.2 Å². The number of nitrogens with one attached hydrogen (secondary N) is 1. The van der Waals surface area contributed by atoms with E-state index in [1.54, 1.807) is 18.2 Å². The van der Waals surface area contributed by atoms with E-state index < -0.39 is 21.2 Å². The quantitative estimate of drug-likeness (QED) is 0.866. The topological polar surface area (TPSA) is 106 Å². The minimum Gasteiger partial charge on any atom is -0.497 e. The maximum Gasteiger partial charge on any atom is 0.323 e. The van der Waals surface area contributed by atoms with Gasteiger partial charge >= 0.3 is 5.97 Å². The van der Waals surface area contributed by atoms with Crippen LogP contribution >= 0.6 is 11.3 Å². The minimum atomic E-state index is -4.01. The van der Waals surface area contributed by atoms with Crippen LogP contribution in [0.15, 0.2) is 18.2 Å². The van der Waals surface area contributed by atoms with Crippen LogP contribution in [0.2, 0.25) is 0 Å². The zero-order valence-corrected chi connectivity index (χ0v) is 12.3. The fourth-order valence-electron chi connectivity index (χ4n) is 1.42. The number of aliphatic carboxylic acids is 1. The van der Waals surface area contributed by atoms with Crippen LogP contribution in [0.25, 0.3) is 10.2 Å². The summed E-state index contributed by atoms with van der Waals surface area (Å²) < 4.78 is 31.6. The van der Waals surface area contributed by atoms with E-state index in [4.69, 9.17) is 9.84 Å². The summed E-state index contributed by atoms with van der Waals surface area (Å²) >= 11 is 1.11. The zero-order valence-electron chi connectivity index (χ0n) is 10.7. The number of rotatable bonds is 5. The lowest BCUT2D eigenvalue weighted by atomic mass is 10.3. The highest BCUT2D eigenvalue weighted by Gasteiger charge is 2.28. The van der Waals surface area contributed by atoms with E-state index in [1.165, 1.54) is 7.11 Å². The third-order valence-electron chi connectivity index (χ3n) is 2.64. The molecule has 9 heteroatoms. The Hall–Kier alpha value is -1.87. The van der Waals surface area contributed by atoms with Crippen LogP contribution in [0.3, 0.4) is 0 Å². The number of ether oxygens (including phenoxy) is 1. The van der Waals surface area contributed by atoms with Crippen molar-refractivity contribution in [3.05, 3.63) is 18.2 Å². The maximum absolute atomic E-state index is 11.8. The molecule has 7 nitrogen and oxygen atoms in total. The van der Waals surface area contributed by atoms with Gasteiger partial charge in [-0.3, -0.25) is 9.52 Å². The van der Waals surface area contributed by atoms with Crippen LogP contribution in [0.1, 0.15) is 6.92 Å². The van der Waals surface area contributed by atoms with Gasteiger partial charge in [0.2, 0.25) is 10.0 Å².